The summed E-state index contributed by atoms with van der Waals surface area (Å²) in [5, 5.41) is 12.6. The van der Waals surface area contributed by atoms with Crippen molar-refractivity contribution >= 4 is 29.5 Å². The van der Waals surface area contributed by atoms with E-state index in [0.29, 0.717) is 61.8 Å². The number of amides is 3. The average molecular weight is 789 g/mol. The predicted molar refractivity (Wildman–Crippen MR) is 219 cm³/mol. The van der Waals surface area contributed by atoms with Gasteiger partial charge < -0.3 is 24.6 Å². The third-order valence-electron chi connectivity index (χ3n) is 10.4. The fraction of sp³-hybridized carbons (Fsp3) is 0.356. The molecule has 0 bridgehead atoms. The summed E-state index contributed by atoms with van der Waals surface area (Å²) in [5.41, 5.74) is 4.97. The lowest BCUT2D eigenvalue weighted by molar-refractivity contribution is -0.0266. The number of hydrogen-bond donors (Lipinski definition) is 1. The van der Waals surface area contributed by atoms with E-state index >= 15 is 0 Å². The highest BCUT2D eigenvalue weighted by Crippen LogP contribution is 2.29. The Balaban J connectivity index is 0.949. The van der Waals surface area contributed by atoms with Crippen LogP contribution in [0.15, 0.2) is 109 Å². The number of piperidine rings is 2. The van der Waals surface area contributed by atoms with Crippen LogP contribution in [0, 0.1) is 0 Å². The fourth-order valence-electron chi connectivity index (χ4n) is 7.39. The third-order valence-corrected chi connectivity index (χ3v) is 10.6. The highest BCUT2D eigenvalue weighted by Gasteiger charge is 2.29. The Morgan fingerprint density at radius 3 is 2.28 bits per heavy atom. The Hall–Kier alpha value is -5.52. The first kappa shape index (κ1) is 39.7. The van der Waals surface area contributed by atoms with Gasteiger partial charge in [0.1, 0.15) is 11.3 Å². The number of halogens is 1. The molecule has 5 aromatic rings. The molecule has 2 unspecified atom stereocenters. The van der Waals surface area contributed by atoms with Crippen molar-refractivity contribution in [3.8, 4) is 11.1 Å². The minimum atomic E-state index is -0.544. The molecule has 3 heterocycles. The van der Waals surface area contributed by atoms with E-state index in [2.05, 4.69) is 39.9 Å². The van der Waals surface area contributed by atoms with E-state index in [4.69, 9.17) is 21.1 Å². The summed E-state index contributed by atoms with van der Waals surface area (Å²) < 4.78 is 13.6. The average Bonchev–Trinajstić information content (AvgIpc) is 3.71. The molecule has 2 fully saturated rings. The first-order valence-electron chi connectivity index (χ1n) is 19.6. The SMILES string of the molecule is CC(C)(C)OC(=O)N1CCCC(OCc2cn(C3CCN(C(=O)c4cccc(C(=O)NC(c5ccc(Cl)cc5)c5cccc(-c6ccccc6)c5)c4)CC3)nn2)C1. The maximum atomic E-state index is 13.9. The Kier molecular flexibility index (Phi) is 12.4. The molecule has 57 heavy (non-hydrogen) atoms. The number of benzene rings is 4. The Bertz CT molecular complexity index is 2160. The van der Waals surface area contributed by atoms with Crippen molar-refractivity contribution in [1.29, 1.82) is 0 Å². The van der Waals surface area contributed by atoms with Crippen LogP contribution in [-0.4, -0.2) is 80.6 Å². The van der Waals surface area contributed by atoms with Crippen LogP contribution in [0.25, 0.3) is 11.1 Å². The molecule has 3 amide bonds. The number of carbonyl (C=O) groups is 3. The summed E-state index contributed by atoms with van der Waals surface area (Å²) in [4.78, 5) is 43.7. The van der Waals surface area contributed by atoms with Gasteiger partial charge in [0.2, 0.25) is 0 Å². The maximum absolute atomic E-state index is 13.9. The highest BCUT2D eigenvalue weighted by atomic mass is 35.5. The van der Waals surface area contributed by atoms with Gasteiger partial charge in [-0.2, -0.15) is 0 Å². The summed E-state index contributed by atoms with van der Waals surface area (Å²) in [6.45, 7) is 8.12. The fourth-order valence-corrected chi connectivity index (χ4v) is 7.52. The quantitative estimate of drug-likeness (QED) is 0.151. The van der Waals surface area contributed by atoms with Crippen molar-refractivity contribution in [3.63, 3.8) is 0 Å². The zero-order chi connectivity index (χ0) is 39.9. The monoisotopic (exact) mass is 788 g/mol. The van der Waals surface area contributed by atoms with E-state index in [0.717, 1.165) is 40.8 Å². The summed E-state index contributed by atoms with van der Waals surface area (Å²) in [6.07, 6.45) is 4.64. The maximum Gasteiger partial charge on any atom is 0.410 e. The zero-order valence-electron chi connectivity index (χ0n) is 32.6. The lowest BCUT2D eigenvalue weighted by Crippen LogP contribution is -2.45. The molecule has 0 spiro atoms. The molecule has 7 rings (SSSR count). The predicted octanol–water partition coefficient (Wildman–Crippen LogP) is 8.51. The van der Waals surface area contributed by atoms with Gasteiger partial charge in [0.25, 0.3) is 11.8 Å². The van der Waals surface area contributed by atoms with E-state index in [1.165, 1.54) is 0 Å². The standard InChI is InChI=1S/C45H49ClN6O5/c1-45(2,3)57-44(55)51-23-9-16-40(29-51)56-30-38-28-52(49-48-38)39-21-24-50(25-22-39)43(54)36-15-8-14-35(27-36)42(53)47-41(32-17-19-37(46)20-18-32)34-13-7-12-33(26-34)31-10-5-4-6-11-31/h4-8,10-15,17-20,26-28,39-41H,9,16,21-25,29-30H2,1-3H3,(H,47,53). The molecule has 11 nitrogen and oxygen atoms in total. The molecular weight excluding hydrogens is 740 g/mol. The molecule has 2 aliphatic rings. The van der Waals surface area contributed by atoms with Crippen molar-refractivity contribution in [2.75, 3.05) is 26.2 Å². The summed E-state index contributed by atoms with van der Waals surface area (Å²) in [5.74, 6) is -0.406. The number of nitrogens with one attached hydrogen (secondary N) is 1. The number of hydrogen-bond acceptors (Lipinski definition) is 7. The van der Waals surface area contributed by atoms with Crippen LogP contribution in [-0.2, 0) is 16.1 Å². The van der Waals surface area contributed by atoms with Crippen molar-refractivity contribution in [2.24, 2.45) is 0 Å². The topological polar surface area (TPSA) is 119 Å². The Morgan fingerprint density at radius 1 is 0.807 bits per heavy atom. The van der Waals surface area contributed by atoms with Gasteiger partial charge >= 0.3 is 6.09 Å². The molecule has 2 atom stereocenters. The van der Waals surface area contributed by atoms with Gasteiger partial charge in [-0.3, -0.25) is 9.59 Å². The van der Waals surface area contributed by atoms with Gasteiger partial charge in [0.15, 0.2) is 0 Å². The normalized spacial score (nSPS) is 16.9. The van der Waals surface area contributed by atoms with Crippen LogP contribution in [0.5, 0.6) is 0 Å². The molecule has 0 saturated carbocycles. The number of aromatic nitrogens is 3. The molecule has 2 aliphatic heterocycles. The van der Waals surface area contributed by atoms with Crippen LogP contribution in [0.3, 0.4) is 0 Å². The molecule has 1 aromatic heterocycles. The minimum Gasteiger partial charge on any atom is -0.444 e. The molecular formula is C45H49ClN6O5. The second kappa shape index (κ2) is 17.7. The molecule has 2 saturated heterocycles. The number of nitrogens with zero attached hydrogens (tertiary/aromatic N) is 5. The smallest absolute Gasteiger partial charge is 0.410 e. The molecule has 1 N–H and O–H groups in total. The van der Waals surface area contributed by atoms with Crippen LogP contribution < -0.4 is 5.32 Å². The van der Waals surface area contributed by atoms with Crippen molar-refractivity contribution in [3.05, 3.63) is 142 Å². The van der Waals surface area contributed by atoms with E-state index in [-0.39, 0.29) is 30.1 Å². The van der Waals surface area contributed by atoms with Gasteiger partial charge in [-0.1, -0.05) is 83.5 Å². The number of rotatable bonds is 10. The number of carbonyl (C=O) groups excluding carboxylic acids is 3. The second-order valence-corrected chi connectivity index (χ2v) is 16.2. The van der Waals surface area contributed by atoms with Gasteiger partial charge in [-0.15, -0.1) is 5.10 Å². The van der Waals surface area contributed by atoms with Gasteiger partial charge in [0, 0.05) is 35.8 Å². The summed E-state index contributed by atoms with van der Waals surface area (Å²) in [7, 11) is 0. The highest BCUT2D eigenvalue weighted by molar-refractivity contribution is 6.30. The van der Waals surface area contributed by atoms with Crippen molar-refractivity contribution in [2.45, 2.75) is 76.9 Å². The lowest BCUT2D eigenvalue weighted by atomic mass is 9.94. The molecule has 0 radical (unpaired) electrons. The largest absolute Gasteiger partial charge is 0.444 e. The third kappa shape index (κ3) is 10.3. The second-order valence-electron chi connectivity index (χ2n) is 15.7. The molecule has 4 aromatic carbocycles. The van der Waals surface area contributed by atoms with E-state index < -0.39 is 11.6 Å². The van der Waals surface area contributed by atoms with E-state index in [1.54, 1.807) is 29.2 Å². The van der Waals surface area contributed by atoms with Gasteiger partial charge in [0.05, 0.1) is 37.5 Å². The zero-order valence-corrected chi connectivity index (χ0v) is 33.4. The molecule has 296 valence electrons. The van der Waals surface area contributed by atoms with Crippen LogP contribution >= 0.6 is 11.6 Å². The minimum absolute atomic E-state index is 0.0925. The first-order chi connectivity index (χ1) is 27.5. The van der Waals surface area contributed by atoms with Crippen molar-refractivity contribution < 1.29 is 23.9 Å². The van der Waals surface area contributed by atoms with E-state index in [9.17, 15) is 14.4 Å². The Labute approximate surface area is 338 Å². The number of likely N-dealkylation sites (tertiary alicyclic amines) is 2. The van der Waals surface area contributed by atoms with E-state index in [1.807, 2.05) is 91.1 Å². The number of ether oxygens (including phenoxy) is 2. The lowest BCUT2D eigenvalue weighted by Gasteiger charge is -2.33. The van der Waals surface area contributed by atoms with Crippen LogP contribution in [0.4, 0.5) is 4.79 Å². The first-order valence-corrected chi connectivity index (χ1v) is 20.0. The van der Waals surface area contributed by atoms with Crippen molar-refractivity contribution in [1.82, 2.24) is 30.1 Å². The van der Waals surface area contributed by atoms with Gasteiger partial charge in [-0.25, -0.2) is 9.48 Å². The van der Waals surface area contributed by atoms with Gasteiger partial charge in [-0.05, 0) is 105 Å². The summed E-state index contributed by atoms with van der Waals surface area (Å²) in [6, 6.07) is 32.3. The van der Waals surface area contributed by atoms with Crippen LogP contribution in [0.1, 0.15) is 96.1 Å². The Morgan fingerprint density at radius 2 is 1.53 bits per heavy atom. The molecule has 0 aliphatic carbocycles. The summed E-state index contributed by atoms with van der Waals surface area (Å²) >= 11 is 6.23. The van der Waals surface area contributed by atoms with Crippen LogP contribution in [0.2, 0.25) is 5.02 Å². The molecule has 12 heteroatoms.